The van der Waals surface area contributed by atoms with Crippen molar-refractivity contribution >= 4 is 35.1 Å². The summed E-state index contributed by atoms with van der Waals surface area (Å²) in [6.07, 6.45) is 0.179. The van der Waals surface area contributed by atoms with Gasteiger partial charge in [0, 0.05) is 23.4 Å². The number of anilines is 1. The number of thioether (sulfide) groups is 1. The first-order chi connectivity index (χ1) is 13.5. The fourth-order valence-electron chi connectivity index (χ4n) is 3.69. The molecule has 1 heterocycles. The fourth-order valence-corrected chi connectivity index (χ4v) is 4.62. The standard InChI is InChI=1S/C21H18FNO4S/c1-12-10-15(24)21-16(7-6-13(22)20(12)21)27-19(26)8-9-23-14-4-2-3-5-17(14)28-11-18(23)25/h2-7,12H,8-11H2,1H3. The number of rotatable bonds is 4. The van der Waals surface area contributed by atoms with Crippen molar-refractivity contribution in [3.63, 3.8) is 0 Å². The number of fused-ring (bicyclic) bond motifs is 2. The molecule has 0 saturated carbocycles. The second-order valence-corrected chi connectivity index (χ2v) is 7.91. The van der Waals surface area contributed by atoms with Gasteiger partial charge in [0.25, 0.3) is 0 Å². The maximum Gasteiger partial charge on any atom is 0.313 e. The summed E-state index contributed by atoms with van der Waals surface area (Å²) in [4.78, 5) is 39.4. The van der Waals surface area contributed by atoms with Crippen molar-refractivity contribution in [2.75, 3.05) is 17.2 Å². The van der Waals surface area contributed by atoms with Crippen LogP contribution in [-0.2, 0) is 9.59 Å². The van der Waals surface area contributed by atoms with E-state index < -0.39 is 11.8 Å². The average Bonchev–Trinajstić information content (AvgIpc) is 2.98. The normalized spacial score (nSPS) is 18.1. The Morgan fingerprint density at radius 2 is 2.04 bits per heavy atom. The minimum absolute atomic E-state index is 0.0271. The molecule has 1 aliphatic heterocycles. The number of ether oxygens (including phenoxy) is 1. The van der Waals surface area contributed by atoms with Gasteiger partial charge in [-0.1, -0.05) is 19.1 Å². The summed E-state index contributed by atoms with van der Waals surface area (Å²) in [7, 11) is 0. The van der Waals surface area contributed by atoms with E-state index in [9.17, 15) is 18.8 Å². The zero-order chi connectivity index (χ0) is 19.8. The second kappa shape index (κ2) is 7.39. The number of nitrogens with zero attached hydrogens (tertiary/aromatic N) is 1. The van der Waals surface area contributed by atoms with Crippen LogP contribution in [0.3, 0.4) is 0 Å². The molecule has 2 aromatic carbocycles. The number of para-hydroxylation sites is 1. The largest absolute Gasteiger partial charge is 0.426 e. The fraction of sp³-hybridized carbons (Fsp3) is 0.286. The molecule has 1 aliphatic carbocycles. The molecule has 0 radical (unpaired) electrons. The molecular formula is C21H18FNO4S. The van der Waals surface area contributed by atoms with E-state index in [-0.39, 0.29) is 48.3 Å². The summed E-state index contributed by atoms with van der Waals surface area (Å²) >= 11 is 1.47. The Labute approximate surface area is 165 Å². The van der Waals surface area contributed by atoms with Gasteiger partial charge in [-0.2, -0.15) is 0 Å². The minimum atomic E-state index is -0.565. The molecule has 0 spiro atoms. The molecule has 0 N–H and O–H groups in total. The predicted molar refractivity (Wildman–Crippen MR) is 104 cm³/mol. The summed E-state index contributed by atoms with van der Waals surface area (Å²) in [6, 6.07) is 10.1. The molecule has 2 aliphatic rings. The van der Waals surface area contributed by atoms with Gasteiger partial charge in [0.1, 0.15) is 11.6 Å². The van der Waals surface area contributed by atoms with Gasteiger partial charge in [-0.05, 0) is 30.2 Å². The first kappa shape index (κ1) is 18.7. The molecule has 0 saturated heterocycles. The maximum atomic E-state index is 14.1. The van der Waals surface area contributed by atoms with E-state index in [1.165, 1.54) is 23.9 Å². The van der Waals surface area contributed by atoms with Crippen molar-refractivity contribution in [3.05, 3.63) is 53.3 Å². The Bertz CT molecular complexity index is 990. The minimum Gasteiger partial charge on any atom is -0.426 e. The molecule has 1 atom stereocenters. The number of hydrogen-bond donors (Lipinski definition) is 0. The third-order valence-corrected chi connectivity index (χ3v) is 6.04. The van der Waals surface area contributed by atoms with Crippen LogP contribution < -0.4 is 9.64 Å². The van der Waals surface area contributed by atoms with Crippen LogP contribution in [0.25, 0.3) is 0 Å². The van der Waals surface area contributed by atoms with Crippen molar-refractivity contribution < 1.29 is 23.5 Å². The van der Waals surface area contributed by atoms with Crippen molar-refractivity contribution in [3.8, 4) is 5.75 Å². The number of carbonyl (C=O) groups excluding carboxylic acids is 3. The predicted octanol–water partition coefficient (Wildman–Crippen LogP) is 3.95. The van der Waals surface area contributed by atoms with E-state index in [1.54, 1.807) is 11.8 Å². The molecule has 0 fully saturated rings. The number of hydrogen-bond acceptors (Lipinski definition) is 5. The van der Waals surface area contributed by atoms with Crippen LogP contribution in [0.5, 0.6) is 5.75 Å². The highest BCUT2D eigenvalue weighted by Crippen LogP contribution is 2.40. The number of halogens is 1. The average molecular weight is 399 g/mol. The number of Topliss-reactive ketones (excluding diaryl/α,β-unsaturated/α-hetero) is 1. The van der Waals surface area contributed by atoms with Crippen molar-refractivity contribution in [1.82, 2.24) is 0 Å². The van der Waals surface area contributed by atoms with E-state index in [1.807, 2.05) is 24.3 Å². The third kappa shape index (κ3) is 3.30. The van der Waals surface area contributed by atoms with Crippen LogP contribution in [-0.4, -0.2) is 30.0 Å². The van der Waals surface area contributed by atoms with Gasteiger partial charge < -0.3 is 9.64 Å². The molecule has 1 amide bonds. The molecular weight excluding hydrogens is 381 g/mol. The van der Waals surface area contributed by atoms with Crippen LogP contribution in [0.1, 0.15) is 41.6 Å². The van der Waals surface area contributed by atoms with Crippen LogP contribution >= 0.6 is 11.8 Å². The zero-order valence-electron chi connectivity index (χ0n) is 15.2. The first-order valence-electron chi connectivity index (χ1n) is 9.04. The first-order valence-corrected chi connectivity index (χ1v) is 10.0. The Kier molecular flexibility index (Phi) is 4.93. The van der Waals surface area contributed by atoms with Crippen LogP contribution in [0.4, 0.5) is 10.1 Å². The van der Waals surface area contributed by atoms with Gasteiger partial charge in [0.2, 0.25) is 5.91 Å². The SMILES string of the molecule is CC1CC(=O)c2c(OC(=O)CCN3C(=O)CSc4ccccc43)ccc(F)c21. The molecule has 144 valence electrons. The summed E-state index contributed by atoms with van der Waals surface area (Å²) < 4.78 is 19.4. The zero-order valence-corrected chi connectivity index (χ0v) is 16.1. The van der Waals surface area contributed by atoms with Gasteiger partial charge in [0.15, 0.2) is 5.78 Å². The number of ketones is 1. The molecule has 7 heteroatoms. The number of carbonyl (C=O) groups is 3. The second-order valence-electron chi connectivity index (χ2n) is 6.89. The number of benzene rings is 2. The van der Waals surface area contributed by atoms with E-state index in [0.717, 1.165) is 10.6 Å². The van der Waals surface area contributed by atoms with Gasteiger partial charge in [0.05, 0.1) is 23.4 Å². The van der Waals surface area contributed by atoms with Gasteiger partial charge in [-0.25, -0.2) is 4.39 Å². The van der Waals surface area contributed by atoms with Crippen molar-refractivity contribution in [2.45, 2.75) is 30.6 Å². The summed E-state index contributed by atoms with van der Waals surface area (Å²) in [5.41, 5.74) is 1.26. The molecule has 5 nitrogen and oxygen atoms in total. The lowest BCUT2D eigenvalue weighted by Gasteiger charge is -2.28. The molecule has 28 heavy (non-hydrogen) atoms. The van der Waals surface area contributed by atoms with Crippen LogP contribution in [0, 0.1) is 5.82 Å². The van der Waals surface area contributed by atoms with Crippen molar-refractivity contribution in [2.24, 2.45) is 0 Å². The van der Waals surface area contributed by atoms with E-state index in [2.05, 4.69) is 0 Å². The third-order valence-electron chi connectivity index (χ3n) is 4.99. The highest BCUT2D eigenvalue weighted by atomic mass is 32.2. The lowest BCUT2D eigenvalue weighted by molar-refractivity contribution is -0.134. The Morgan fingerprint density at radius 1 is 1.25 bits per heavy atom. The lowest BCUT2D eigenvalue weighted by atomic mass is 10.0. The van der Waals surface area contributed by atoms with E-state index in [4.69, 9.17) is 4.74 Å². The molecule has 0 bridgehead atoms. The Hall–Kier alpha value is -2.67. The van der Waals surface area contributed by atoms with Crippen molar-refractivity contribution in [1.29, 1.82) is 0 Å². The lowest BCUT2D eigenvalue weighted by Crippen LogP contribution is -2.37. The van der Waals surface area contributed by atoms with E-state index >= 15 is 0 Å². The van der Waals surface area contributed by atoms with Gasteiger partial charge >= 0.3 is 5.97 Å². The molecule has 1 unspecified atom stereocenters. The molecule has 2 aromatic rings. The highest BCUT2D eigenvalue weighted by Gasteiger charge is 2.33. The molecule has 4 rings (SSSR count). The van der Waals surface area contributed by atoms with Crippen LogP contribution in [0.15, 0.2) is 41.3 Å². The smallest absolute Gasteiger partial charge is 0.313 e. The monoisotopic (exact) mass is 399 g/mol. The Balaban J connectivity index is 1.48. The highest BCUT2D eigenvalue weighted by molar-refractivity contribution is 8.00. The maximum absolute atomic E-state index is 14.1. The topological polar surface area (TPSA) is 63.7 Å². The number of esters is 1. The summed E-state index contributed by atoms with van der Waals surface area (Å²) in [5.74, 6) is -1.13. The van der Waals surface area contributed by atoms with E-state index in [0.29, 0.717) is 11.3 Å². The van der Waals surface area contributed by atoms with Gasteiger partial charge in [-0.3, -0.25) is 14.4 Å². The van der Waals surface area contributed by atoms with Crippen LogP contribution in [0.2, 0.25) is 0 Å². The van der Waals surface area contributed by atoms with Gasteiger partial charge in [-0.15, -0.1) is 11.8 Å². The Morgan fingerprint density at radius 3 is 2.86 bits per heavy atom. The summed E-state index contributed by atoms with van der Waals surface area (Å²) in [5, 5.41) is 0. The quantitative estimate of drug-likeness (QED) is 0.575. The number of amides is 1. The summed E-state index contributed by atoms with van der Waals surface area (Å²) in [6.45, 7) is 1.96. The molecule has 0 aromatic heterocycles.